The lowest BCUT2D eigenvalue weighted by atomic mass is 9.49. The molecule has 4 aliphatic carbocycles. The first-order chi connectivity index (χ1) is 11.8. The average Bonchev–Trinajstić information content (AvgIpc) is 2.52. The van der Waals surface area contributed by atoms with E-state index >= 15 is 0 Å². The van der Waals surface area contributed by atoms with Crippen LogP contribution in [0.1, 0.15) is 49.7 Å². The van der Waals surface area contributed by atoms with Crippen molar-refractivity contribution in [1.29, 1.82) is 0 Å². The maximum Gasteiger partial charge on any atom is 0.416 e. The summed E-state index contributed by atoms with van der Waals surface area (Å²) >= 11 is 0. The van der Waals surface area contributed by atoms with Crippen molar-refractivity contribution in [3.05, 3.63) is 35.4 Å². The molecule has 4 aliphatic rings. The monoisotopic (exact) mass is 351 g/mol. The van der Waals surface area contributed by atoms with Crippen LogP contribution in [-0.4, -0.2) is 17.9 Å². The fourth-order valence-corrected chi connectivity index (χ4v) is 6.04. The van der Waals surface area contributed by atoms with Gasteiger partial charge in [-0.2, -0.15) is 13.2 Å². The third-order valence-corrected chi connectivity index (χ3v) is 6.57. The van der Waals surface area contributed by atoms with Crippen LogP contribution in [0, 0.1) is 23.2 Å². The molecular formula is C20H24F3NO. The first kappa shape index (κ1) is 16.9. The highest BCUT2D eigenvalue weighted by Crippen LogP contribution is 2.60. The summed E-state index contributed by atoms with van der Waals surface area (Å²) in [6, 6.07) is 5.57. The number of rotatable bonds is 3. The van der Waals surface area contributed by atoms with Crippen molar-refractivity contribution in [2.24, 2.45) is 23.2 Å². The summed E-state index contributed by atoms with van der Waals surface area (Å²) in [5.41, 5.74) is -0.771. The van der Waals surface area contributed by atoms with Crippen LogP contribution < -0.4 is 0 Å². The lowest BCUT2D eigenvalue weighted by Gasteiger charge is -2.56. The van der Waals surface area contributed by atoms with Crippen molar-refractivity contribution in [3.63, 3.8) is 0 Å². The molecule has 0 aliphatic heterocycles. The molecule has 5 rings (SSSR count). The molecule has 4 bridgehead atoms. The number of hydrogen-bond acceptors (Lipinski definition) is 1. The van der Waals surface area contributed by atoms with E-state index < -0.39 is 11.7 Å². The second-order valence-corrected chi connectivity index (χ2v) is 8.51. The Morgan fingerprint density at radius 3 is 2.12 bits per heavy atom. The first-order valence-corrected chi connectivity index (χ1v) is 9.17. The minimum Gasteiger partial charge on any atom is -0.341 e. The second kappa shape index (κ2) is 5.75. The molecule has 0 aromatic heterocycles. The number of benzene rings is 1. The van der Waals surface area contributed by atoms with Crippen LogP contribution in [0.25, 0.3) is 0 Å². The molecule has 0 atom stereocenters. The summed E-state index contributed by atoms with van der Waals surface area (Å²) in [5.74, 6) is 1.99. The maximum atomic E-state index is 13.2. The van der Waals surface area contributed by atoms with E-state index in [9.17, 15) is 18.0 Å². The van der Waals surface area contributed by atoms with Crippen LogP contribution in [0.15, 0.2) is 24.3 Å². The predicted octanol–water partition coefficient (Wildman–Crippen LogP) is 4.88. The molecule has 1 amide bonds. The van der Waals surface area contributed by atoms with E-state index in [1.165, 1.54) is 36.3 Å². The third-order valence-electron chi connectivity index (χ3n) is 6.57. The highest BCUT2D eigenvalue weighted by Gasteiger charge is 2.55. The lowest BCUT2D eigenvalue weighted by Crippen LogP contribution is -2.53. The summed E-state index contributed by atoms with van der Waals surface area (Å²) in [6.45, 7) is 0.0241. The molecule has 2 nitrogen and oxygen atoms in total. The summed E-state index contributed by atoms with van der Waals surface area (Å²) in [7, 11) is 1.66. The number of halogens is 3. The first-order valence-electron chi connectivity index (χ1n) is 9.17. The van der Waals surface area contributed by atoms with E-state index in [0.29, 0.717) is 17.8 Å². The fourth-order valence-electron chi connectivity index (χ4n) is 6.04. The Labute approximate surface area is 146 Å². The number of carbonyl (C=O) groups is 1. The van der Waals surface area contributed by atoms with Crippen LogP contribution in [0.3, 0.4) is 0 Å². The number of carbonyl (C=O) groups excluding carboxylic acids is 1. The molecule has 5 heteroatoms. The SMILES string of the molecule is CN(Cc1ccccc1C(F)(F)F)C(=O)C12CC3CC(CC(C3)C1)C2. The Hall–Kier alpha value is -1.52. The fraction of sp³-hybridized carbons (Fsp3) is 0.650. The number of amides is 1. The third kappa shape index (κ3) is 2.96. The minimum atomic E-state index is -4.39. The number of nitrogens with zero attached hydrogens (tertiary/aromatic N) is 1. The maximum absolute atomic E-state index is 13.2. The molecule has 4 fully saturated rings. The van der Waals surface area contributed by atoms with E-state index in [-0.39, 0.29) is 23.4 Å². The molecule has 0 radical (unpaired) electrons. The molecule has 1 aromatic rings. The van der Waals surface area contributed by atoms with E-state index in [4.69, 9.17) is 0 Å². The Kier molecular flexibility index (Phi) is 3.89. The Morgan fingerprint density at radius 1 is 1.08 bits per heavy atom. The highest BCUT2D eigenvalue weighted by atomic mass is 19.4. The molecule has 0 N–H and O–H groups in total. The van der Waals surface area contributed by atoms with Crippen LogP contribution in [-0.2, 0) is 17.5 Å². The van der Waals surface area contributed by atoms with Gasteiger partial charge in [0.05, 0.1) is 11.0 Å². The molecule has 0 spiro atoms. The average molecular weight is 351 g/mol. The number of alkyl halides is 3. The van der Waals surface area contributed by atoms with Crippen LogP contribution in [0.4, 0.5) is 13.2 Å². The van der Waals surface area contributed by atoms with Gasteiger partial charge in [-0.25, -0.2) is 0 Å². The zero-order valence-corrected chi connectivity index (χ0v) is 14.5. The number of hydrogen-bond donors (Lipinski definition) is 0. The van der Waals surface area contributed by atoms with E-state index in [0.717, 1.165) is 25.3 Å². The summed E-state index contributed by atoms with van der Waals surface area (Å²) < 4.78 is 39.6. The second-order valence-electron chi connectivity index (χ2n) is 8.51. The van der Waals surface area contributed by atoms with Gasteiger partial charge in [-0.15, -0.1) is 0 Å². The van der Waals surface area contributed by atoms with Crippen molar-refractivity contribution >= 4 is 5.91 Å². The smallest absolute Gasteiger partial charge is 0.341 e. The zero-order valence-electron chi connectivity index (χ0n) is 14.5. The van der Waals surface area contributed by atoms with E-state index in [1.807, 2.05) is 0 Å². The van der Waals surface area contributed by atoms with E-state index in [2.05, 4.69) is 0 Å². The van der Waals surface area contributed by atoms with E-state index in [1.54, 1.807) is 13.1 Å². The van der Waals surface area contributed by atoms with Gasteiger partial charge in [-0.1, -0.05) is 18.2 Å². The van der Waals surface area contributed by atoms with Crippen molar-refractivity contribution in [1.82, 2.24) is 4.90 Å². The molecular weight excluding hydrogens is 327 g/mol. The van der Waals surface area contributed by atoms with Crippen molar-refractivity contribution in [3.8, 4) is 0 Å². The molecule has 0 unspecified atom stereocenters. The van der Waals surface area contributed by atoms with Crippen LogP contribution in [0.5, 0.6) is 0 Å². The Morgan fingerprint density at radius 2 is 1.60 bits per heavy atom. The standard InChI is InChI=1S/C20H24F3NO/c1-24(12-16-4-2-3-5-17(16)20(21,22)23)18(25)19-9-13-6-14(10-19)8-15(7-13)11-19/h2-5,13-15H,6-12H2,1H3. The quantitative estimate of drug-likeness (QED) is 0.760. The predicted molar refractivity (Wildman–Crippen MR) is 88.5 cm³/mol. The summed E-state index contributed by atoms with van der Waals surface area (Å²) in [4.78, 5) is 14.7. The normalized spacial score (nSPS) is 33.5. The molecule has 4 saturated carbocycles. The van der Waals surface area contributed by atoms with Crippen molar-refractivity contribution in [2.75, 3.05) is 7.05 Å². The van der Waals surface area contributed by atoms with Gasteiger partial charge in [0, 0.05) is 13.6 Å². The highest BCUT2D eigenvalue weighted by molar-refractivity contribution is 5.83. The Bertz CT molecular complexity index is 646. The van der Waals surface area contributed by atoms with Gasteiger partial charge < -0.3 is 4.90 Å². The molecule has 0 saturated heterocycles. The van der Waals surface area contributed by atoms with Crippen LogP contribution in [0.2, 0.25) is 0 Å². The van der Waals surface area contributed by atoms with Crippen LogP contribution >= 0.6 is 0 Å². The lowest BCUT2D eigenvalue weighted by molar-refractivity contribution is -0.157. The van der Waals surface area contributed by atoms with Crippen molar-refractivity contribution < 1.29 is 18.0 Å². The van der Waals surface area contributed by atoms with Gasteiger partial charge in [-0.3, -0.25) is 4.79 Å². The topological polar surface area (TPSA) is 20.3 Å². The molecule has 136 valence electrons. The van der Waals surface area contributed by atoms with Gasteiger partial charge in [0.25, 0.3) is 0 Å². The minimum absolute atomic E-state index is 0.0241. The zero-order chi connectivity index (χ0) is 17.8. The summed E-state index contributed by atoms with van der Waals surface area (Å²) in [5, 5.41) is 0. The van der Waals surface area contributed by atoms with Gasteiger partial charge in [0.2, 0.25) is 5.91 Å². The van der Waals surface area contributed by atoms with Gasteiger partial charge in [0.1, 0.15) is 0 Å². The molecule has 1 aromatic carbocycles. The van der Waals surface area contributed by atoms with Gasteiger partial charge in [0.15, 0.2) is 0 Å². The van der Waals surface area contributed by atoms with Gasteiger partial charge >= 0.3 is 6.18 Å². The summed E-state index contributed by atoms with van der Waals surface area (Å²) in [6.07, 6.45) is 2.14. The largest absolute Gasteiger partial charge is 0.416 e. The Balaban J connectivity index is 1.54. The molecule has 25 heavy (non-hydrogen) atoms. The van der Waals surface area contributed by atoms with Gasteiger partial charge in [-0.05, 0) is 67.9 Å². The molecule has 0 heterocycles. The van der Waals surface area contributed by atoms with Crippen molar-refractivity contribution in [2.45, 2.75) is 51.2 Å².